The fraction of sp³-hybridized carbons (Fsp3) is 0.632. The quantitative estimate of drug-likeness (QED) is 0.577. The van der Waals surface area contributed by atoms with E-state index in [0.717, 1.165) is 30.8 Å². The van der Waals surface area contributed by atoms with Gasteiger partial charge >= 0.3 is 0 Å². The van der Waals surface area contributed by atoms with Gasteiger partial charge in [-0.1, -0.05) is 6.92 Å². The first kappa shape index (κ1) is 20.7. The van der Waals surface area contributed by atoms with Crippen LogP contribution in [0.3, 0.4) is 0 Å². The van der Waals surface area contributed by atoms with E-state index >= 15 is 0 Å². The summed E-state index contributed by atoms with van der Waals surface area (Å²) in [4.78, 5) is 14.5. The number of methoxy groups -OCH3 is 3. The molecule has 0 bridgehead atoms. The smallest absolute Gasteiger partial charge is 0.224 e. The molecule has 1 atom stereocenters. The maximum atomic E-state index is 12.6. The normalized spacial score (nSPS) is 17.3. The summed E-state index contributed by atoms with van der Waals surface area (Å²) in [5, 5.41) is -0.0998. The number of benzene rings is 1. The minimum absolute atomic E-state index is 0.0998. The van der Waals surface area contributed by atoms with Crippen molar-refractivity contribution in [3.63, 3.8) is 0 Å². The maximum absolute atomic E-state index is 12.6. The van der Waals surface area contributed by atoms with Crippen LogP contribution < -0.4 is 14.2 Å². The number of carbonyl (C=O) groups excluding carboxylic acids is 1. The standard InChI is InChI=1S/C19H29NO5S/c1-5-9-25-10-6-8-20-18(21)7-11-26-19(20)14-12-16(23-3)17(24-4)13-15(14)22-2/h12-13,19H,5-11H2,1-4H3. The van der Waals surface area contributed by atoms with E-state index in [1.165, 1.54) is 0 Å². The van der Waals surface area contributed by atoms with Crippen molar-refractivity contribution in [2.45, 2.75) is 31.6 Å². The Morgan fingerprint density at radius 2 is 1.77 bits per heavy atom. The minimum atomic E-state index is -0.0998. The van der Waals surface area contributed by atoms with Crippen LogP contribution in [0.5, 0.6) is 17.2 Å². The molecule has 0 N–H and O–H groups in total. The van der Waals surface area contributed by atoms with E-state index in [4.69, 9.17) is 18.9 Å². The Bertz CT molecular complexity index is 596. The van der Waals surface area contributed by atoms with E-state index in [-0.39, 0.29) is 11.3 Å². The lowest BCUT2D eigenvalue weighted by Gasteiger charge is -2.36. The Morgan fingerprint density at radius 1 is 1.08 bits per heavy atom. The molecule has 146 valence electrons. The van der Waals surface area contributed by atoms with Crippen molar-refractivity contribution in [3.8, 4) is 17.2 Å². The average Bonchev–Trinajstić information content (AvgIpc) is 2.67. The number of thioether (sulfide) groups is 1. The summed E-state index contributed by atoms with van der Waals surface area (Å²) in [7, 11) is 4.83. The predicted octanol–water partition coefficient (Wildman–Crippen LogP) is 3.49. The second kappa shape index (κ2) is 10.5. The van der Waals surface area contributed by atoms with Crippen LogP contribution in [0, 0.1) is 0 Å². The van der Waals surface area contributed by atoms with Crippen LogP contribution in [0.1, 0.15) is 37.1 Å². The van der Waals surface area contributed by atoms with E-state index in [2.05, 4.69) is 6.92 Å². The van der Waals surface area contributed by atoms with E-state index in [1.807, 2.05) is 17.0 Å². The van der Waals surface area contributed by atoms with E-state index in [0.29, 0.717) is 36.8 Å². The van der Waals surface area contributed by atoms with Crippen LogP contribution in [0.15, 0.2) is 12.1 Å². The van der Waals surface area contributed by atoms with Crippen LogP contribution in [0.4, 0.5) is 0 Å². The van der Waals surface area contributed by atoms with Crippen molar-refractivity contribution < 1.29 is 23.7 Å². The zero-order valence-corrected chi connectivity index (χ0v) is 16.9. The van der Waals surface area contributed by atoms with Crippen molar-refractivity contribution in [2.75, 3.05) is 46.8 Å². The number of hydrogen-bond donors (Lipinski definition) is 0. The number of carbonyl (C=O) groups is 1. The van der Waals surface area contributed by atoms with Crippen LogP contribution >= 0.6 is 11.8 Å². The topological polar surface area (TPSA) is 57.2 Å². The summed E-state index contributed by atoms with van der Waals surface area (Å²) in [6, 6.07) is 3.73. The Balaban J connectivity index is 2.23. The molecule has 1 unspecified atom stereocenters. The van der Waals surface area contributed by atoms with Crippen molar-refractivity contribution in [1.82, 2.24) is 4.90 Å². The molecule has 0 aliphatic carbocycles. The number of ether oxygens (including phenoxy) is 4. The summed E-state index contributed by atoms with van der Waals surface area (Å²) in [5.74, 6) is 2.90. The van der Waals surface area contributed by atoms with Crippen molar-refractivity contribution >= 4 is 17.7 Å². The average molecular weight is 384 g/mol. The molecule has 1 saturated heterocycles. The van der Waals surface area contributed by atoms with E-state index in [9.17, 15) is 4.79 Å². The number of hydrogen-bond acceptors (Lipinski definition) is 6. The summed E-state index contributed by atoms with van der Waals surface area (Å²) in [6.07, 6.45) is 2.38. The molecule has 26 heavy (non-hydrogen) atoms. The second-order valence-electron chi connectivity index (χ2n) is 5.98. The molecular weight excluding hydrogens is 354 g/mol. The van der Waals surface area contributed by atoms with Gasteiger partial charge in [-0.05, 0) is 18.9 Å². The fourth-order valence-corrected chi connectivity index (χ4v) is 4.23. The fourth-order valence-electron chi connectivity index (χ4n) is 2.95. The van der Waals surface area contributed by atoms with Crippen molar-refractivity contribution in [1.29, 1.82) is 0 Å². The maximum Gasteiger partial charge on any atom is 0.224 e. The van der Waals surface area contributed by atoms with Gasteiger partial charge in [-0.25, -0.2) is 0 Å². The summed E-state index contributed by atoms with van der Waals surface area (Å²) < 4.78 is 21.9. The zero-order chi connectivity index (χ0) is 18.9. The van der Waals surface area contributed by atoms with Gasteiger partial charge < -0.3 is 23.8 Å². The Morgan fingerprint density at radius 3 is 2.42 bits per heavy atom. The van der Waals surface area contributed by atoms with Gasteiger partial charge in [0.2, 0.25) is 5.91 Å². The molecule has 1 aromatic carbocycles. The van der Waals surface area contributed by atoms with Crippen molar-refractivity contribution in [2.24, 2.45) is 0 Å². The molecule has 1 amide bonds. The SMILES string of the molecule is CCCOCCCN1C(=O)CCSC1c1cc(OC)c(OC)cc1OC. The molecule has 1 fully saturated rings. The summed E-state index contributed by atoms with van der Waals surface area (Å²) >= 11 is 1.75. The molecule has 1 aliphatic rings. The lowest BCUT2D eigenvalue weighted by molar-refractivity contribution is -0.132. The van der Waals surface area contributed by atoms with E-state index < -0.39 is 0 Å². The zero-order valence-electron chi connectivity index (χ0n) is 16.1. The number of nitrogens with zero attached hydrogens (tertiary/aromatic N) is 1. The van der Waals surface area contributed by atoms with E-state index in [1.54, 1.807) is 33.1 Å². The van der Waals surface area contributed by atoms with Crippen LogP contribution in [-0.4, -0.2) is 57.6 Å². The van der Waals surface area contributed by atoms with Gasteiger partial charge in [-0.15, -0.1) is 11.8 Å². The lowest BCUT2D eigenvalue weighted by atomic mass is 10.1. The molecule has 2 rings (SSSR count). The van der Waals surface area contributed by atoms with Gasteiger partial charge in [0.05, 0.1) is 21.3 Å². The monoisotopic (exact) mass is 383 g/mol. The van der Waals surface area contributed by atoms with Crippen molar-refractivity contribution in [3.05, 3.63) is 17.7 Å². The molecule has 0 radical (unpaired) electrons. The molecular formula is C19H29NO5S. The molecule has 6 nitrogen and oxygen atoms in total. The van der Waals surface area contributed by atoms with Crippen LogP contribution in [0.25, 0.3) is 0 Å². The van der Waals surface area contributed by atoms with Gasteiger partial charge in [0, 0.05) is 43.6 Å². The van der Waals surface area contributed by atoms with Gasteiger partial charge in [0.25, 0.3) is 0 Å². The van der Waals surface area contributed by atoms with Gasteiger partial charge in [-0.2, -0.15) is 0 Å². The van der Waals surface area contributed by atoms with Gasteiger partial charge in [0.1, 0.15) is 11.1 Å². The Labute approximate surface area is 160 Å². The number of amides is 1. The molecule has 1 heterocycles. The molecule has 1 aliphatic heterocycles. The van der Waals surface area contributed by atoms with Gasteiger partial charge in [-0.3, -0.25) is 4.79 Å². The van der Waals surface area contributed by atoms with Crippen LogP contribution in [-0.2, 0) is 9.53 Å². The minimum Gasteiger partial charge on any atom is -0.496 e. The summed E-state index contributed by atoms with van der Waals surface area (Å²) in [5.41, 5.74) is 0.928. The Hall–Kier alpha value is -1.60. The third-order valence-electron chi connectivity index (χ3n) is 4.23. The first-order chi connectivity index (χ1) is 12.7. The molecule has 0 aromatic heterocycles. The molecule has 7 heteroatoms. The Kier molecular flexibility index (Phi) is 8.38. The molecule has 0 spiro atoms. The highest BCUT2D eigenvalue weighted by Gasteiger charge is 2.32. The largest absolute Gasteiger partial charge is 0.496 e. The summed E-state index contributed by atoms with van der Waals surface area (Å²) in [6.45, 7) is 4.18. The molecule has 1 aromatic rings. The highest BCUT2D eigenvalue weighted by atomic mass is 32.2. The lowest BCUT2D eigenvalue weighted by Crippen LogP contribution is -2.38. The van der Waals surface area contributed by atoms with Crippen LogP contribution in [0.2, 0.25) is 0 Å². The molecule has 0 saturated carbocycles. The first-order valence-electron chi connectivity index (χ1n) is 8.95. The highest BCUT2D eigenvalue weighted by molar-refractivity contribution is 7.99. The van der Waals surface area contributed by atoms with Gasteiger partial charge in [0.15, 0.2) is 11.5 Å². The number of rotatable bonds is 10. The third-order valence-corrected chi connectivity index (χ3v) is 5.50. The highest BCUT2D eigenvalue weighted by Crippen LogP contribution is 2.45. The predicted molar refractivity (Wildman–Crippen MR) is 103 cm³/mol. The third kappa shape index (κ3) is 4.98. The second-order valence-corrected chi connectivity index (χ2v) is 7.16. The first-order valence-corrected chi connectivity index (χ1v) is 9.99.